The molecule has 1 aromatic heterocycles. The number of nitrogens with one attached hydrogen (secondary N) is 1. The first kappa shape index (κ1) is 13.9. The minimum atomic E-state index is -4.41. The first-order valence-electron chi connectivity index (χ1n) is 5.47. The summed E-state index contributed by atoms with van der Waals surface area (Å²) in [6.07, 6.45) is -2.70. The Bertz CT molecular complexity index is 578. The van der Waals surface area contributed by atoms with Gasteiger partial charge in [0.1, 0.15) is 0 Å². The van der Waals surface area contributed by atoms with E-state index in [0.717, 1.165) is 22.6 Å². The van der Waals surface area contributed by atoms with Crippen molar-refractivity contribution in [3.8, 4) is 5.69 Å². The first-order chi connectivity index (χ1) is 8.93. The van der Waals surface area contributed by atoms with Crippen LogP contribution in [0.25, 0.3) is 5.69 Å². The maximum atomic E-state index is 12.6. The average Bonchev–Trinajstić information content (AvgIpc) is 2.78. The molecule has 0 aliphatic rings. The summed E-state index contributed by atoms with van der Waals surface area (Å²) < 4.78 is 38.9. The van der Waals surface area contributed by atoms with Crippen molar-refractivity contribution in [1.29, 1.82) is 0 Å². The van der Waals surface area contributed by atoms with Crippen LogP contribution in [0.4, 0.5) is 13.2 Å². The number of para-hydroxylation sites is 1. The third-order valence-corrected chi connectivity index (χ3v) is 2.88. The predicted octanol–water partition coefficient (Wildman–Crippen LogP) is 3.26. The molecule has 102 valence electrons. The van der Waals surface area contributed by atoms with E-state index < -0.39 is 11.7 Å². The Morgan fingerprint density at radius 3 is 2.68 bits per heavy atom. The van der Waals surface area contributed by atoms with Gasteiger partial charge in [0.25, 0.3) is 0 Å². The molecule has 0 bridgehead atoms. The van der Waals surface area contributed by atoms with Crippen molar-refractivity contribution < 1.29 is 13.2 Å². The fourth-order valence-corrected chi connectivity index (χ4v) is 2.02. The summed E-state index contributed by atoms with van der Waals surface area (Å²) >= 11 is 6.05. The number of benzene rings is 1. The van der Waals surface area contributed by atoms with Crippen LogP contribution < -0.4 is 5.32 Å². The number of nitrogens with zero attached hydrogens (tertiary/aromatic N) is 2. The average molecular weight is 290 g/mol. The second kappa shape index (κ2) is 5.22. The van der Waals surface area contributed by atoms with Crippen LogP contribution in [0.2, 0.25) is 5.02 Å². The molecule has 0 aliphatic carbocycles. The van der Waals surface area contributed by atoms with Crippen molar-refractivity contribution in [2.24, 2.45) is 0 Å². The largest absolute Gasteiger partial charge is 0.419 e. The maximum absolute atomic E-state index is 12.6. The molecular weight excluding hydrogens is 279 g/mol. The molecule has 1 N–H and O–H groups in total. The van der Waals surface area contributed by atoms with Gasteiger partial charge in [-0.3, -0.25) is 0 Å². The third-order valence-electron chi connectivity index (χ3n) is 2.58. The number of halogens is 4. The van der Waals surface area contributed by atoms with Crippen molar-refractivity contribution in [1.82, 2.24) is 15.1 Å². The van der Waals surface area contributed by atoms with Gasteiger partial charge in [0.2, 0.25) is 0 Å². The molecule has 3 nitrogen and oxygen atoms in total. The number of alkyl halides is 3. The second-order valence-electron chi connectivity index (χ2n) is 3.95. The molecule has 0 fully saturated rings. The molecule has 0 unspecified atom stereocenters. The summed E-state index contributed by atoms with van der Waals surface area (Å²) in [5.41, 5.74) is 0.420. The molecule has 0 aliphatic heterocycles. The molecule has 2 aromatic rings. The predicted molar refractivity (Wildman–Crippen MR) is 66.3 cm³/mol. The van der Waals surface area contributed by atoms with E-state index in [-0.39, 0.29) is 0 Å². The van der Waals surface area contributed by atoms with Crippen LogP contribution in [0, 0.1) is 0 Å². The lowest BCUT2D eigenvalue weighted by molar-refractivity contribution is -0.137. The summed E-state index contributed by atoms with van der Waals surface area (Å²) in [5, 5.41) is 7.03. The summed E-state index contributed by atoms with van der Waals surface area (Å²) in [6, 6.07) is 5.14. The quantitative estimate of drug-likeness (QED) is 0.940. The highest BCUT2D eigenvalue weighted by Gasteiger charge is 2.32. The number of aromatic nitrogens is 2. The number of hydrogen-bond acceptors (Lipinski definition) is 2. The Hall–Kier alpha value is -1.53. The Kier molecular flexibility index (Phi) is 3.82. The molecule has 1 aromatic carbocycles. The minimum Gasteiger partial charge on any atom is -0.316 e. The Balaban J connectivity index is 2.49. The number of rotatable bonds is 3. The van der Waals surface area contributed by atoms with Crippen molar-refractivity contribution in [3.63, 3.8) is 0 Å². The van der Waals surface area contributed by atoms with Crippen LogP contribution in [-0.4, -0.2) is 16.8 Å². The van der Waals surface area contributed by atoms with Gasteiger partial charge >= 0.3 is 6.18 Å². The molecule has 7 heteroatoms. The van der Waals surface area contributed by atoms with Crippen LogP contribution in [-0.2, 0) is 12.7 Å². The lowest BCUT2D eigenvalue weighted by Gasteiger charge is -2.11. The molecule has 0 saturated carbocycles. The highest BCUT2D eigenvalue weighted by Crippen LogP contribution is 2.31. The van der Waals surface area contributed by atoms with Crippen molar-refractivity contribution >= 4 is 11.6 Å². The van der Waals surface area contributed by atoms with Gasteiger partial charge in [-0.05, 0) is 18.7 Å². The SMILES string of the molecule is CNCc1cccc(Cl)c1-n1cc(C(F)(F)F)cn1. The van der Waals surface area contributed by atoms with E-state index in [4.69, 9.17) is 11.6 Å². The first-order valence-corrected chi connectivity index (χ1v) is 5.85. The van der Waals surface area contributed by atoms with Crippen molar-refractivity contribution in [2.75, 3.05) is 7.05 Å². The topological polar surface area (TPSA) is 29.9 Å². The summed E-state index contributed by atoms with van der Waals surface area (Å²) in [4.78, 5) is 0. The van der Waals surface area contributed by atoms with Crippen LogP contribution in [0.5, 0.6) is 0 Å². The lowest BCUT2D eigenvalue weighted by Crippen LogP contribution is -2.10. The van der Waals surface area contributed by atoms with Gasteiger partial charge in [0, 0.05) is 12.7 Å². The Morgan fingerprint density at radius 2 is 2.11 bits per heavy atom. The van der Waals surface area contributed by atoms with Gasteiger partial charge in [0.15, 0.2) is 0 Å². The normalized spacial score (nSPS) is 11.8. The minimum absolute atomic E-state index is 0.351. The fraction of sp³-hybridized carbons (Fsp3) is 0.250. The zero-order valence-corrected chi connectivity index (χ0v) is 10.8. The molecule has 0 atom stereocenters. The molecule has 0 amide bonds. The van der Waals surface area contributed by atoms with E-state index in [1.807, 2.05) is 0 Å². The van der Waals surface area contributed by atoms with Crippen LogP contribution in [0.15, 0.2) is 30.6 Å². The zero-order valence-electron chi connectivity index (χ0n) is 10.0. The van der Waals surface area contributed by atoms with Gasteiger partial charge in [-0.1, -0.05) is 23.7 Å². The smallest absolute Gasteiger partial charge is 0.316 e. The highest BCUT2D eigenvalue weighted by molar-refractivity contribution is 6.32. The molecule has 19 heavy (non-hydrogen) atoms. The van der Waals surface area contributed by atoms with Crippen LogP contribution >= 0.6 is 11.6 Å². The molecule has 0 saturated heterocycles. The number of hydrogen-bond donors (Lipinski definition) is 1. The third kappa shape index (κ3) is 2.90. The van der Waals surface area contributed by atoms with Crippen LogP contribution in [0.3, 0.4) is 0 Å². The van der Waals surface area contributed by atoms with Gasteiger partial charge in [-0.15, -0.1) is 0 Å². The Labute approximate surface area is 113 Å². The lowest BCUT2D eigenvalue weighted by atomic mass is 10.1. The maximum Gasteiger partial charge on any atom is 0.419 e. The summed E-state index contributed by atoms with van der Waals surface area (Å²) in [5.74, 6) is 0. The van der Waals surface area contributed by atoms with E-state index in [2.05, 4.69) is 10.4 Å². The molecule has 1 heterocycles. The van der Waals surface area contributed by atoms with Crippen molar-refractivity contribution in [3.05, 3.63) is 46.7 Å². The van der Waals surface area contributed by atoms with Gasteiger partial charge in [-0.25, -0.2) is 4.68 Å². The van der Waals surface area contributed by atoms with Crippen molar-refractivity contribution in [2.45, 2.75) is 12.7 Å². The van der Waals surface area contributed by atoms with Gasteiger partial charge < -0.3 is 5.32 Å². The second-order valence-corrected chi connectivity index (χ2v) is 4.36. The molecular formula is C12H11ClF3N3. The standard InChI is InChI=1S/C12H11ClF3N3/c1-17-5-8-3-2-4-10(13)11(8)19-7-9(6-18-19)12(14,15)16/h2-4,6-7,17H,5H2,1H3. The van der Waals surface area contributed by atoms with Crippen LogP contribution in [0.1, 0.15) is 11.1 Å². The van der Waals surface area contributed by atoms with E-state index >= 15 is 0 Å². The van der Waals surface area contributed by atoms with E-state index in [1.165, 1.54) is 0 Å². The van der Waals surface area contributed by atoms with E-state index in [1.54, 1.807) is 25.2 Å². The molecule has 2 rings (SSSR count). The summed E-state index contributed by atoms with van der Waals surface area (Å²) in [7, 11) is 1.74. The monoisotopic (exact) mass is 289 g/mol. The molecule has 0 spiro atoms. The fourth-order valence-electron chi connectivity index (χ4n) is 1.74. The van der Waals surface area contributed by atoms with E-state index in [0.29, 0.717) is 17.3 Å². The van der Waals surface area contributed by atoms with Gasteiger partial charge in [-0.2, -0.15) is 18.3 Å². The molecule has 0 radical (unpaired) electrons. The Morgan fingerprint density at radius 1 is 1.37 bits per heavy atom. The summed E-state index contributed by atoms with van der Waals surface area (Å²) in [6.45, 7) is 0.483. The van der Waals surface area contributed by atoms with E-state index in [9.17, 15) is 13.2 Å². The zero-order chi connectivity index (χ0) is 14.0. The highest BCUT2D eigenvalue weighted by atomic mass is 35.5. The van der Waals surface area contributed by atoms with Gasteiger partial charge in [0.05, 0.1) is 22.5 Å².